The van der Waals surface area contributed by atoms with Crippen LogP contribution >= 0.6 is 0 Å². The summed E-state index contributed by atoms with van der Waals surface area (Å²) in [7, 11) is 0. The van der Waals surface area contributed by atoms with Crippen molar-refractivity contribution >= 4 is 5.82 Å². The van der Waals surface area contributed by atoms with Crippen LogP contribution in [0, 0.1) is 0 Å². The normalized spacial score (nSPS) is 15.3. The monoisotopic (exact) mass is 233 g/mol. The lowest BCUT2D eigenvalue weighted by Gasteiger charge is -2.12. The number of hydrogen-bond donors (Lipinski definition) is 2. The van der Waals surface area contributed by atoms with Gasteiger partial charge in [0.25, 0.3) is 0 Å². The summed E-state index contributed by atoms with van der Waals surface area (Å²) in [6, 6.07) is 5.05. The highest BCUT2D eigenvalue weighted by atomic mass is 15.0. The number of nitrogens with zero attached hydrogens (tertiary/aromatic N) is 1. The van der Waals surface area contributed by atoms with E-state index in [1.165, 1.54) is 24.1 Å². The summed E-state index contributed by atoms with van der Waals surface area (Å²) in [5.41, 5.74) is 2.51. The molecule has 17 heavy (non-hydrogen) atoms. The molecule has 0 spiro atoms. The molecule has 3 nitrogen and oxygen atoms in total. The van der Waals surface area contributed by atoms with Crippen molar-refractivity contribution < 1.29 is 0 Å². The largest absolute Gasteiger partial charge is 0.367 e. The quantitative estimate of drug-likeness (QED) is 0.793. The predicted molar refractivity (Wildman–Crippen MR) is 72.4 cm³/mol. The van der Waals surface area contributed by atoms with Crippen LogP contribution in [0.15, 0.2) is 12.1 Å². The van der Waals surface area contributed by atoms with Gasteiger partial charge in [0.05, 0.1) is 0 Å². The minimum absolute atomic E-state index is 0.483. The third kappa shape index (κ3) is 3.70. The van der Waals surface area contributed by atoms with E-state index in [0.29, 0.717) is 12.0 Å². The number of nitrogens with one attached hydrogen (secondary N) is 2. The number of aromatic nitrogens is 1. The maximum Gasteiger partial charge on any atom is 0.126 e. The Hall–Kier alpha value is -1.09. The maximum absolute atomic E-state index is 4.68. The van der Waals surface area contributed by atoms with Crippen LogP contribution in [0.2, 0.25) is 0 Å². The number of hydrogen-bond acceptors (Lipinski definition) is 3. The number of rotatable bonds is 6. The van der Waals surface area contributed by atoms with Gasteiger partial charge >= 0.3 is 0 Å². The molecule has 94 valence electrons. The first-order chi connectivity index (χ1) is 8.19. The third-order valence-corrected chi connectivity index (χ3v) is 3.00. The third-order valence-electron chi connectivity index (χ3n) is 3.00. The molecule has 0 aromatic carbocycles. The predicted octanol–water partition coefficient (Wildman–Crippen LogP) is 2.89. The molecule has 1 aliphatic carbocycles. The van der Waals surface area contributed by atoms with Crippen LogP contribution in [-0.2, 0) is 6.54 Å². The molecule has 1 fully saturated rings. The van der Waals surface area contributed by atoms with Crippen LogP contribution in [-0.4, -0.2) is 17.6 Å². The minimum Gasteiger partial charge on any atom is -0.367 e. The Morgan fingerprint density at radius 2 is 2.12 bits per heavy atom. The van der Waals surface area contributed by atoms with Gasteiger partial charge in [-0.25, -0.2) is 4.98 Å². The molecule has 0 atom stereocenters. The van der Waals surface area contributed by atoms with Gasteiger partial charge in [0, 0.05) is 18.3 Å². The summed E-state index contributed by atoms with van der Waals surface area (Å²) in [6.07, 6.45) is 2.58. The van der Waals surface area contributed by atoms with Crippen LogP contribution in [0.3, 0.4) is 0 Å². The second-order valence-corrected chi connectivity index (χ2v) is 5.14. The molecule has 1 saturated carbocycles. The fraction of sp³-hybridized carbons (Fsp3) is 0.643. The van der Waals surface area contributed by atoms with Gasteiger partial charge in [0.2, 0.25) is 0 Å². The Morgan fingerprint density at radius 3 is 2.71 bits per heavy atom. The van der Waals surface area contributed by atoms with Crippen molar-refractivity contribution in [3.05, 3.63) is 23.4 Å². The van der Waals surface area contributed by atoms with Gasteiger partial charge in [-0.3, -0.25) is 0 Å². The lowest BCUT2D eigenvalue weighted by atomic mass is 10.1. The lowest BCUT2D eigenvalue weighted by molar-refractivity contribution is 0.720. The fourth-order valence-corrected chi connectivity index (χ4v) is 1.79. The second kappa shape index (κ2) is 5.50. The van der Waals surface area contributed by atoms with Gasteiger partial charge in [-0.05, 0) is 43.0 Å². The van der Waals surface area contributed by atoms with E-state index in [2.05, 4.69) is 48.5 Å². The Morgan fingerprint density at radius 1 is 1.35 bits per heavy atom. The molecule has 2 N–H and O–H groups in total. The van der Waals surface area contributed by atoms with Crippen LogP contribution in [0.4, 0.5) is 5.82 Å². The van der Waals surface area contributed by atoms with Crippen molar-refractivity contribution in [3.63, 3.8) is 0 Å². The molecule has 1 aromatic heterocycles. The van der Waals surface area contributed by atoms with Crippen LogP contribution in [0.1, 0.15) is 50.8 Å². The summed E-state index contributed by atoms with van der Waals surface area (Å²) in [6.45, 7) is 8.46. The summed E-state index contributed by atoms with van der Waals surface area (Å²) in [5, 5.41) is 6.86. The van der Waals surface area contributed by atoms with Crippen molar-refractivity contribution in [1.82, 2.24) is 10.3 Å². The van der Waals surface area contributed by atoms with Gasteiger partial charge in [-0.15, -0.1) is 0 Å². The van der Waals surface area contributed by atoms with Gasteiger partial charge < -0.3 is 10.6 Å². The van der Waals surface area contributed by atoms with Crippen molar-refractivity contribution in [1.29, 1.82) is 0 Å². The topological polar surface area (TPSA) is 37.0 Å². The molecule has 0 bridgehead atoms. The molecular weight excluding hydrogens is 210 g/mol. The van der Waals surface area contributed by atoms with Crippen molar-refractivity contribution in [2.75, 3.05) is 11.9 Å². The first kappa shape index (κ1) is 12.4. The molecule has 0 saturated heterocycles. The van der Waals surface area contributed by atoms with Crippen molar-refractivity contribution in [2.24, 2.45) is 0 Å². The van der Waals surface area contributed by atoms with Gasteiger partial charge in [0.15, 0.2) is 0 Å². The molecule has 2 rings (SSSR count). The smallest absolute Gasteiger partial charge is 0.126 e. The van der Waals surface area contributed by atoms with Gasteiger partial charge in [0.1, 0.15) is 5.82 Å². The van der Waals surface area contributed by atoms with Crippen LogP contribution < -0.4 is 10.6 Å². The summed E-state index contributed by atoms with van der Waals surface area (Å²) >= 11 is 0. The Bertz CT molecular complexity index is 370. The van der Waals surface area contributed by atoms with E-state index >= 15 is 0 Å². The number of pyridine rings is 1. The average Bonchev–Trinajstić information content (AvgIpc) is 3.10. The zero-order valence-electron chi connectivity index (χ0n) is 11.1. The highest BCUT2D eigenvalue weighted by molar-refractivity contribution is 5.42. The summed E-state index contributed by atoms with van der Waals surface area (Å²) in [4.78, 5) is 4.68. The van der Waals surface area contributed by atoms with Gasteiger partial charge in [-0.2, -0.15) is 0 Å². The molecule has 0 aliphatic heterocycles. The van der Waals surface area contributed by atoms with E-state index in [0.717, 1.165) is 18.9 Å². The van der Waals surface area contributed by atoms with Crippen molar-refractivity contribution in [3.8, 4) is 0 Å². The number of anilines is 1. The molecular formula is C14H23N3. The Labute approximate surface area is 104 Å². The standard InChI is InChI=1S/C14H23N3/c1-4-15-9-11-7-13(10(2)3)17-14(8-11)16-12-5-6-12/h7-8,10,12,15H,4-6,9H2,1-3H3,(H,16,17). The second-order valence-electron chi connectivity index (χ2n) is 5.14. The maximum atomic E-state index is 4.68. The lowest BCUT2D eigenvalue weighted by Crippen LogP contribution is -2.13. The summed E-state index contributed by atoms with van der Waals surface area (Å²) in [5.74, 6) is 1.53. The first-order valence-corrected chi connectivity index (χ1v) is 6.67. The van der Waals surface area contributed by atoms with E-state index in [1.807, 2.05) is 0 Å². The molecule has 0 unspecified atom stereocenters. The van der Waals surface area contributed by atoms with Crippen LogP contribution in [0.5, 0.6) is 0 Å². The van der Waals surface area contributed by atoms with E-state index in [9.17, 15) is 0 Å². The zero-order valence-corrected chi connectivity index (χ0v) is 11.1. The molecule has 0 radical (unpaired) electrons. The van der Waals surface area contributed by atoms with Crippen LogP contribution in [0.25, 0.3) is 0 Å². The fourth-order valence-electron chi connectivity index (χ4n) is 1.79. The molecule has 1 aliphatic rings. The van der Waals surface area contributed by atoms with E-state index < -0.39 is 0 Å². The zero-order chi connectivity index (χ0) is 12.3. The Balaban J connectivity index is 2.14. The van der Waals surface area contributed by atoms with E-state index in [-0.39, 0.29) is 0 Å². The van der Waals surface area contributed by atoms with E-state index in [4.69, 9.17) is 0 Å². The summed E-state index contributed by atoms with van der Waals surface area (Å²) < 4.78 is 0. The first-order valence-electron chi connectivity index (χ1n) is 6.67. The molecule has 0 amide bonds. The van der Waals surface area contributed by atoms with Gasteiger partial charge in [-0.1, -0.05) is 20.8 Å². The van der Waals surface area contributed by atoms with E-state index in [1.54, 1.807) is 0 Å². The molecule has 1 aromatic rings. The van der Waals surface area contributed by atoms with Crippen molar-refractivity contribution in [2.45, 2.75) is 52.1 Å². The SMILES string of the molecule is CCNCc1cc(NC2CC2)nc(C(C)C)c1. The highest BCUT2D eigenvalue weighted by Crippen LogP contribution is 2.25. The Kier molecular flexibility index (Phi) is 4.00. The molecule has 3 heteroatoms. The molecule has 1 heterocycles. The average molecular weight is 233 g/mol. The highest BCUT2D eigenvalue weighted by Gasteiger charge is 2.21. The minimum atomic E-state index is 0.483.